The van der Waals surface area contributed by atoms with E-state index in [4.69, 9.17) is 0 Å². The number of amides is 1. The molecule has 1 amide bonds. The lowest BCUT2D eigenvalue weighted by atomic mass is 9.96. The number of nitrogens with one attached hydrogen (secondary N) is 1. The Morgan fingerprint density at radius 2 is 1.96 bits per heavy atom. The first kappa shape index (κ1) is 19.9. The minimum absolute atomic E-state index is 0.360. The van der Waals surface area contributed by atoms with Gasteiger partial charge in [-0.2, -0.15) is 0 Å². The van der Waals surface area contributed by atoms with Crippen LogP contribution in [0.1, 0.15) is 12.8 Å². The lowest BCUT2D eigenvalue weighted by Gasteiger charge is -2.33. The molecule has 0 aliphatic carbocycles. The van der Waals surface area contributed by atoms with Crippen molar-refractivity contribution in [3.8, 4) is 17.0 Å². The van der Waals surface area contributed by atoms with Crippen molar-refractivity contribution >= 4 is 12.1 Å². The van der Waals surface area contributed by atoms with Crippen molar-refractivity contribution in [2.24, 2.45) is 5.92 Å². The van der Waals surface area contributed by atoms with Crippen LogP contribution in [0.4, 0.5) is 23.2 Å². The first-order valence-corrected chi connectivity index (χ1v) is 8.79. The number of carbonyl (C=O) groups excluding carboxylic acids is 1. The Balaban J connectivity index is 1.72. The molecule has 1 aliphatic heterocycles. The number of ether oxygens (including phenoxy) is 1. The molecule has 28 heavy (non-hydrogen) atoms. The second kappa shape index (κ2) is 8.45. The van der Waals surface area contributed by atoms with Crippen LogP contribution in [0.25, 0.3) is 11.3 Å². The molecule has 0 saturated carbocycles. The average molecular weight is 397 g/mol. The Morgan fingerprint density at radius 3 is 2.61 bits per heavy atom. The summed E-state index contributed by atoms with van der Waals surface area (Å²) in [7, 11) is 0. The SMILES string of the molecule is O=CNCC1CCN(c2ccnc(-c3ccc(OC(F)(F)F)c(F)c3)c2)CC1. The van der Waals surface area contributed by atoms with Gasteiger partial charge >= 0.3 is 6.36 Å². The Kier molecular flexibility index (Phi) is 6.01. The molecule has 150 valence electrons. The van der Waals surface area contributed by atoms with Crippen LogP contribution in [0.2, 0.25) is 0 Å². The van der Waals surface area contributed by atoms with Gasteiger partial charge in [-0.3, -0.25) is 9.78 Å². The molecule has 0 radical (unpaired) electrons. The van der Waals surface area contributed by atoms with Crippen molar-refractivity contribution in [2.75, 3.05) is 24.5 Å². The summed E-state index contributed by atoms with van der Waals surface area (Å²) in [6.07, 6.45) is -0.810. The summed E-state index contributed by atoms with van der Waals surface area (Å²) in [5, 5.41) is 2.70. The van der Waals surface area contributed by atoms with Gasteiger partial charge in [-0.25, -0.2) is 4.39 Å². The van der Waals surface area contributed by atoms with E-state index in [2.05, 4.69) is 19.9 Å². The van der Waals surface area contributed by atoms with E-state index in [0.29, 0.717) is 30.1 Å². The zero-order valence-electron chi connectivity index (χ0n) is 14.9. The summed E-state index contributed by atoms with van der Waals surface area (Å²) in [6, 6.07) is 6.88. The quantitative estimate of drug-likeness (QED) is 0.596. The number of pyridine rings is 1. The van der Waals surface area contributed by atoms with Gasteiger partial charge in [0.1, 0.15) is 0 Å². The molecule has 0 unspecified atom stereocenters. The summed E-state index contributed by atoms with van der Waals surface area (Å²) < 4.78 is 54.4. The van der Waals surface area contributed by atoms with Crippen molar-refractivity contribution in [1.29, 1.82) is 0 Å². The minimum atomic E-state index is -4.95. The molecule has 1 saturated heterocycles. The maximum atomic E-state index is 14.0. The third-order valence-corrected chi connectivity index (χ3v) is 4.67. The van der Waals surface area contributed by atoms with Gasteiger partial charge in [0.25, 0.3) is 0 Å². The fourth-order valence-electron chi connectivity index (χ4n) is 3.25. The molecule has 1 aliphatic rings. The normalized spacial score (nSPS) is 15.4. The summed E-state index contributed by atoms with van der Waals surface area (Å²) >= 11 is 0. The Labute approximate surface area is 159 Å². The zero-order chi connectivity index (χ0) is 20.1. The fourth-order valence-corrected chi connectivity index (χ4v) is 3.25. The summed E-state index contributed by atoms with van der Waals surface area (Å²) in [5.74, 6) is -1.55. The monoisotopic (exact) mass is 397 g/mol. The molecular formula is C19H19F4N3O2. The van der Waals surface area contributed by atoms with E-state index in [-0.39, 0.29) is 0 Å². The Morgan fingerprint density at radius 1 is 1.21 bits per heavy atom. The lowest BCUT2D eigenvalue weighted by molar-refractivity contribution is -0.275. The van der Waals surface area contributed by atoms with Crippen molar-refractivity contribution in [3.05, 3.63) is 42.3 Å². The van der Waals surface area contributed by atoms with Crippen molar-refractivity contribution in [1.82, 2.24) is 10.3 Å². The number of hydrogen-bond acceptors (Lipinski definition) is 4. The number of nitrogens with zero attached hydrogens (tertiary/aromatic N) is 2. The Hall–Kier alpha value is -2.84. The first-order valence-electron chi connectivity index (χ1n) is 8.79. The molecule has 2 aromatic rings. The molecule has 1 aromatic carbocycles. The van der Waals surface area contributed by atoms with Gasteiger partial charge < -0.3 is 15.0 Å². The number of anilines is 1. The van der Waals surface area contributed by atoms with Crippen LogP contribution < -0.4 is 15.0 Å². The highest BCUT2D eigenvalue weighted by Gasteiger charge is 2.32. The third kappa shape index (κ3) is 5.11. The van der Waals surface area contributed by atoms with Crippen LogP contribution in [-0.2, 0) is 4.79 Å². The number of halogens is 4. The molecule has 0 bridgehead atoms. The summed E-state index contributed by atoms with van der Waals surface area (Å²) in [4.78, 5) is 16.8. The highest BCUT2D eigenvalue weighted by molar-refractivity contribution is 5.65. The van der Waals surface area contributed by atoms with E-state index in [0.717, 1.165) is 43.8 Å². The zero-order valence-corrected chi connectivity index (χ0v) is 14.9. The molecule has 3 rings (SSSR count). The predicted octanol–water partition coefficient (Wildman–Crippen LogP) is 3.75. The van der Waals surface area contributed by atoms with E-state index in [1.165, 1.54) is 6.07 Å². The molecule has 0 atom stereocenters. The number of aromatic nitrogens is 1. The highest BCUT2D eigenvalue weighted by Crippen LogP contribution is 2.31. The first-order chi connectivity index (χ1) is 13.4. The van der Waals surface area contributed by atoms with E-state index in [1.807, 2.05) is 6.07 Å². The predicted molar refractivity (Wildman–Crippen MR) is 95.3 cm³/mol. The topological polar surface area (TPSA) is 54.5 Å². The largest absolute Gasteiger partial charge is 0.573 e. The fraction of sp³-hybridized carbons (Fsp3) is 0.368. The maximum Gasteiger partial charge on any atom is 0.573 e. The molecule has 0 spiro atoms. The van der Waals surface area contributed by atoms with Gasteiger partial charge in [-0.05, 0) is 49.1 Å². The van der Waals surface area contributed by atoms with Crippen LogP contribution >= 0.6 is 0 Å². The molecule has 1 N–H and O–H groups in total. The van der Waals surface area contributed by atoms with E-state index < -0.39 is 17.9 Å². The van der Waals surface area contributed by atoms with Crippen LogP contribution in [0.15, 0.2) is 36.5 Å². The number of hydrogen-bond donors (Lipinski definition) is 1. The smallest absolute Gasteiger partial charge is 0.403 e. The van der Waals surface area contributed by atoms with Gasteiger partial charge in [0, 0.05) is 37.1 Å². The van der Waals surface area contributed by atoms with Gasteiger partial charge in [0.15, 0.2) is 11.6 Å². The van der Waals surface area contributed by atoms with E-state index in [9.17, 15) is 22.4 Å². The van der Waals surface area contributed by atoms with Gasteiger partial charge in [-0.15, -0.1) is 13.2 Å². The second-order valence-electron chi connectivity index (χ2n) is 6.55. The number of alkyl halides is 3. The Bertz CT molecular complexity index is 821. The molecular weight excluding hydrogens is 378 g/mol. The van der Waals surface area contributed by atoms with Gasteiger partial charge in [0.2, 0.25) is 6.41 Å². The highest BCUT2D eigenvalue weighted by atomic mass is 19.4. The van der Waals surface area contributed by atoms with Crippen molar-refractivity contribution < 1.29 is 27.1 Å². The maximum absolute atomic E-state index is 14.0. The van der Waals surface area contributed by atoms with Crippen LogP contribution in [0, 0.1) is 11.7 Å². The van der Waals surface area contributed by atoms with Crippen molar-refractivity contribution in [3.63, 3.8) is 0 Å². The number of benzene rings is 1. The summed E-state index contributed by atoms with van der Waals surface area (Å²) in [5.41, 5.74) is 1.72. The average Bonchev–Trinajstić information content (AvgIpc) is 2.67. The lowest BCUT2D eigenvalue weighted by Crippen LogP contribution is -2.37. The van der Waals surface area contributed by atoms with Crippen LogP contribution in [-0.4, -0.2) is 37.4 Å². The molecule has 1 fully saturated rings. The molecule has 2 heterocycles. The van der Waals surface area contributed by atoms with Gasteiger partial charge in [-0.1, -0.05) is 0 Å². The van der Waals surface area contributed by atoms with Crippen molar-refractivity contribution in [2.45, 2.75) is 19.2 Å². The van der Waals surface area contributed by atoms with Crippen LogP contribution in [0.5, 0.6) is 5.75 Å². The number of rotatable bonds is 6. The van der Waals surface area contributed by atoms with Crippen LogP contribution in [0.3, 0.4) is 0 Å². The standard InChI is InChI=1S/C19H19F4N3O2/c20-16-9-14(1-2-18(16)28-19(21,22)23)17-10-15(3-6-25-17)26-7-4-13(5-8-26)11-24-12-27/h1-3,6,9-10,12-13H,4-5,7-8,11H2,(H,24,27). The van der Waals surface area contributed by atoms with E-state index >= 15 is 0 Å². The number of piperidine rings is 1. The molecule has 9 heteroatoms. The molecule has 1 aromatic heterocycles. The number of carbonyl (C=O) groups is 1. The second-order valence-corrected chi connectivity index (χ2v) is 6.55. The minimum Gasteiger partial charge on any atom is -0.403 e. The van der Waals surface area contributed by atoms with Gasteiger partial charge in [0.05, 0.1) is 5.69 Å². The summed E-state index contributed by atoms with van der Waals surface area (Å²) in [6.45, 7) is 2.27. The van der Waals surface area contributed by atoms with E-state index in [1.54, 1.807) is 12.3 Å². The molecule has 5 nitrogen and oxygen atoms in total. The third-order valence-electron chi connectivity index (χ3n) is 4.67.